The number of rotatable bonds is 2. The first-order chi connectivity index (χ1) is 10.1. The molecule has 0 aromatic heterocycles. The molecule has 2 aliphatic rings. The molecular weight excluding hydrogens is 262 g/mol. The summed E-state index contributed by atoms with van der Waals surface area (Å²) in [5, 5.41) is 3.10. The smallest absolute Gasteiger partial charge is 0.241 e. The summed E-state index contributed by atoms with van der Waals surface area (Å²) in [4.78, 5) is 14.8. The van der Waals surface area contributed by atoms with E-state index < -0.39 is 0 Å². The third-order valence-electron chi connectivity index (χ3n) is 5.07. The van der Waals surface area contributed by atoms with E-state index in [1.165, 1.54) is 5.56 Å². The van der Waals surface area contributed by atoms with Crippen LogP contribution >= 0.6 is 0 Å². The number of hydrogen-bond donors (Lipinski definition) is 2. The van der Waals surface area contributed by atoms with Gasteiger partial charge in [-0.2, -0.15) is 0 Å². The number of nitrogens with one attached hydrogen (secondary N) is 1. The lowest BCUT2D eigenvalue weighted by molar-refractivity contribution is -0.122. The third-order valence-corrected chi connectivity index (χ3v) is 5.07. The molecule has 4 nitrogen and oxygen atoms in total. The third kappa shape index (κ3) is 3.11. The molecule has 0 bridgehead atoms. The zero-order chi connectivity index (χ0) is 14.8. The van der Waals surface area contributed by atoms with Crippen molar-refractivity contribution in [2.75, 3.05) is 12.4 Å². The number of fused-ring (bicyclic) bond motifs is 1. The summed E-state index contributed by atoms with van der Waals surface area (Å²) in [6.07, 6.45) is 6.20. The van der Waals surface area contributed by atoms with Crippen LogP contribution in [0.2, 0.25) is 0 Å². The van der Waals surface area contributed by atoms with Crippen LogP contribution in [-0.4, -0.2) is 36.0 Å². The summed E-state index contributed by atoms with van der Waals surface area (Å²) in [6, 6.07) is 8.93. The van der Waals surface area contributed by atoms with Crippen LogP contribution in [-0.2, 0) is 11.2 Å². The molecule has 4 heteroatoms. The van der Waals surface area contributed by atoms with Crippen molar-refractivity contribution >= 4 is 11.6 Å². The fourth-order valence-corrected chi connectivity index (χ4v) is 3.65. The van der Waals surface area contributed by atoms with Crippen molar-refractivity contribution in [1.82, 2.24) is 4.90 Å². The van der Waals surface area contributed by atoms with Gasteiger partial charge in [0.25, 0.3) is 0 Å². The Bertz CT molecular complexity index is 509. The van der Waals surface area contributed by atoms with Crippen molar-refractivity contribution in [2.24, 2.45) is 5.73 Å². The van der Waals surface area contributed by atoms with E-state index >= 15 is 0 Å². The van der Waals surface area contributed by atoms with E-state index in [9.17, 15) is 4.79 Å². The maximum absolute atomic E-state index is 12.5. The van der Waals surface area contributed by atoms with Crippen molar-refractivity contribution in [2.45, 2.75) is 56.7 Å². The summed E-state index contributed by atoms with van der Waals surface area (Å²) in [5.41, 5.74) is 8.21. The molecule has 1 fully saturated rings. The van der Waals surface area contributed by atoms with Gasteiger partial charge in [-0.25, -0.2) is 0 Å². The molecule has 1 atom stereocenters. The highest BCUT2D eigenvalue weighted by molar-refractivity contribution is 5.96. The molecule has 1 amide bonds. The van der Waals surface area contributed by atoms with E-state index in [0.29, 0.717) is 12.1 Å². The number of carbonyl (C=O) groups excluding carboxylic acids is 1. The van der Waals surface area contributed by atoms with Gasteiger partial charge in [-0.3, -0.25) is 9.69 Å². The molecule has 1 heterocycles. The first kappa shape index (κ1) is 14.5. The number of likely N-dealkylation sites (N-methyl/N-ethyl adjacent to an activating group) is 1. The first-order valence-electron chi connectivity index (χ1n) is 8.01. The maximum atomic E-state index is 12.5. The van der Waals surface area contributed by atoms with Crippen molar-refractivity contribution < 1.29 is 4.79 Å². The average Bonchev–Trinajstić information content (AvgIpc) is 2.65. The molecule has 1 unspecified atom stereocenters. The number of anilines is 1. The molecule has 21 heavy (non-hydrogen) atoms. The van der Waals surface area contributed by atoms with Crippen LogP contribution in [0.1, 0.15) is 37.7 Å². The Morgan fingerprint density at radius 2 is 1.86 bits per heavy atom. The number of aryl methyl sites for hydroxylation is 1. The van der Waals surface area contributed by atoms with Gasteiger partial charge < -0.3 is 11.1 Å². The Hall–Kier alpha value is -1.39. The van der Waals surface area contributed by atoms with Gasteiger partial charge in [0.1, 0.15) is 0 Å². The average molecular weight is 287 g/mol. The summed E-state index contributed by atoms with van der Waals surface area (Å²) in [6.45, 7) is 0. The number of nitrogens with zero attached hydrogens (tertiary/aromatic N) is 1. The van der Waals surface area contributed by atoms with Crippen molar-refractivity contribution in [1.29, 1.82) is 0 Å². The van der Waals surface area contributed by atoms with E-state index in [4.69, 9.17) is 5.73 Å². The van der Waals surface area contributed by atoms with E-state index in [1.54, 1.807) is 0 Å². The molecule has 0 spiro atoms. The quantitative estimate of drug-likeness (QED) is 0.876. The maximum Gasteiger partial charge on any atom is 0.241 e. The molecule has 1 aromatic carbocycles. The number of para-hydroxylation sites is 1. The van der Waals surface area contributed by atoms with Crippen molar-refractivity contribution in [3.05, 3.63) is 29.8 Å². The van der Waals surface area contributed by atoms with Gasteiger partial charge in [-0.1, -0.05) is 18.2 Å². The largest absolute Gasteiger partial charge is 0.328 e. The Balaban J connectivity index is 1.70. The molecule has 1 aliphatic heterocycles. The standard InChI is InChI=1S/C17H25N3O/c1-20(14-9-7-13(18)8-10-14)16-11-6-12-4-2-3-5-15(12)19-17(16)21/h2-5,13-14,16H,6-11,18H2,1H3,(H,19,21). The van der Waals surface area contributed by atoms with E-state index in [2.05, 4.69) is 23.3 Å². The molecular formula is C17H25N3O. The predicted octanol–water partition coefficient (Wildman–Crippen LogP) is 2.14. The minimum Gasteiger partial charge on any atom is -0.328 e. The zero-order valence-electron chi connectivity index (χ0n) is 12.7. The molecule has 3 N–H and O–H groups in total. The lowest BCUT2D eigenvalue weighted by Crippen LogP contribution is -2.48. The summed E-state index contributed by atoms with van der Waals surface area (Å²) >= 11 is 0. The number of amides is 1. The van der Waals surface area contributed by atoms with Crippen LogP contribution < -0.4 is 11.1 Å². The second-order valence-electron chi connectivity index (χ2n) is 6.43. The van der Waals surface area contributed by atoms with Crippen molar-refractivity contribution in [3.63, 3.8) is 0 Å². The minimum absolute atomic E-state index is 0.0308. The zero-order valence-corrected chi connectivity index (χ0v) is 12.7. The summed E-state index contributed by atoms with van der Waals surface area (Å²) < 4.78 is 0. The lowest BCUT2D eigenvalue weighted by atomic mass is 9.89. The fourth-order valence-electron chi connectivity index (χ4n) is 3.65. The second-order valence-corrected chi connectivity index (χ2v) is 6.43. The Labute approximate surface area is 126 Å². The highest BCUT2D eigenvalue weighted by atomic mass is 16.2. The van der Waals surface area contributed by atoms with E-state index in [1.807, 2.05) is 18.2 Å². The van der Waals surface area contributed by atoms with Gasteiger partial charge in [0.2, 0.25) is 5.91 Å². The van der Waals surface area contributed by atoms with Crippen LogP contribution in [0, 0.1) is 0 Å². The fraction of sp³-hybridized carbons (Fsp3) is 0.588. The Kier molecular flexibility index (Phi) is 4.27. The van der Waals surface area contributed by atoms with Gasteiger partial charge >= 0.3 is 0 Å². The first-order valence-corrected chi connectivity index (χ1v) is 8.01. The SMILES string of the molecule is CN(C1CCC(N)CC1)C1CCc2ccccc2NC1=O. The Morgan fingerprint density at radius 1 is 1.14 bits per heavy atom. The molecule has 3 rings (SSSR count). The summed E-state index contributed by atoms with van der Waals surface area (Å²) in [5.74, 6) is 0.136. The predicted molar refractivity (Wildman–Crippen MR) is 85.2 cm³/mol. The highest BCUT2D eigenvalue weighted by Crippen LogP contribution is 2.27. The number of benzene rings is 1. The molecule has 114 valence electrons. The topological polar surface area (TPSA) is 58.4 Å². The van der Waals surface area contributed by atoms with Gasteiger partial charge in [0.15, 0.2) is 0 Å². The molecule has 1 saturated carbocycles. The summed E-state index contributed by atoms with van der Waals surface area (Å²) in [7, 11) is 2.10. The van der Waals surface area contributed by atoms with Gasteiger partial charge in [-0.05, 0) is 57.2 Å². The second kappa shape index (κ2) is 6.16. The van der Waals surface area contributed by atoms with Crippen LogP contribution in [0.3, 0.4) is 0 Å². The number of carbonyl (C=O) groups is 1. The van der Waals surface area contributed by atoms with Gasteiger partial charge in [-0.15, -0.1) is 0 Å². The normalized spacial score (nSPS) is 29.7. The molecule has 0 saturated heterocycles. The lowest BCUT2D eigenvalue weighted by Gasteiger charge is -2.37. The van der Waals surface area contributed by atoms with E-state index in [-0.39, 0.29) is 11.9 Å². The van der Waals surface area contributed by atoms with Crippen LogP contribution in [0.5, 0.6) is 0 Å². The minimum atomic E-state index is -0.0308. The van der Waals surface area contributed by atoms with Crippen LogP contribution in [0.15, 0.2) is 24.3 Å². The van der Waals surface area contributed by atoms with E-state index in [0.717, 1.165) is 44.2 Å². The number of nitrogens with two attached hydrogens (primary N) is 1. The monoisotopic (exact) mass is 287 g/mol. The van der Waals surface area contributed by atoms with Crippen LogP contribution in [0.4, 0.5) is 5.69 Å². The molecule has 1 aromatic rings. The highest BCUT2D eigenvalue weighted by Gasteiger charge is 2.32. The van der Waals surface area contributed by atoms with Crippen molar-refractivity contribution in [3.8, 4) is 0 Å². The van der Waals surface area contributed by atoms with Gasteiger partial charge in [0.05, 0.1) is 6.04 Å². The van der Waals surface area contributed by atoms with Crippen LogP contribution in [0.25, 0.3) is 0 Å². The molecule has 0 radical (unpaired) electrons. The number of hydrogen-bond acceptors (Lipinski definition) is 3. The van der Waals surface area contributed by atoms with Gasteiger partial charge in [0, 0.05) is 17.8 Å². The molecule has 1 aliphatic carbocycles. The Morgan fingerprint density at radius 3 is 2.62 bits per heavy atom.